The Balaban J connectivity index is 2.22. The van der Waals surface area contributed by atoms with Gasteiger partial charge in [0.15, 0.2) is 5.78 Å². The zero-order valence-corrected chi connectivity index (χ0v) is 9.19. The van der Waals surface area contributed by atoms with Crippen LogP contribution in [0.3, 0.4) is 0 Å². The van der Waals surface area contributed by atoms with Crippen LogP contribution in [0.5, 0.6) is 5.75 Å². The first kappa shape index (κ1) is 10.2. The molecular weight excluding hydrogens is 188 g/mol. The molecular formula is C13H16O2. The van der Waals surface area contributed by atoms with Crippen molar-refractivity contribution in [2.75, 3.05) is 6.61 Å². The van der Waals surface area contributed by atoms with E-state index in [2.05, 4.69) is 6.92 Å². The molecule has 1 aliphatic rings. The minimum absolute atomic E-state index is 0.228. The Morgan fingerprint density at radius 2 is 2.13 bits per heavy atom. The summed E-state index contributed by atoms with van der Waals surface area (Å²) in [4.78, 5) is 12.0. The number of benzene rings is 1. The molecule has 0 amide bonds. The smallest absolute Gasteiger partial charge is 0.169 e. The van der Waals surface area contributed by atoms with Gasteiger partial charge in [0.05, 0.1) is 12.2 Å². The summed E-state index contributed by atoms with van der Waals surface area (Å²) in [6, 6.07) is 7.52. The fraction of sp³-hybridized carbons (Fsp3) is 0.462. The monoisotopic (exact) mass is 204 g/mol. The summed E-state index contributed by atoms with van der Waals surface area (Å²) in [5.74, 6) is 1.74. The third-order valence-corrected chi connectivity index (χ3v) is 2.90. The van der Waals surface area contributed by atoms with Crippen molar-refractivity contribution in [3.8, 4) is 5.75 Å². The molecule has 2 atom stereocenters. The zero-order chi connectivity index (χ0) is 10.8. The molecule has 1 aromatic carbocycles. The van der Waals surface area contributed by atoms with Crippen LogP contribution in [-0.2, 0) is 0 Å². The number of ketones is 1. The molecule has 0 aliphatic heterocycles. The van der Waals surface area contributed by atoms with E-state index in [1.165, 1.54) is 0 Å². The molecule has 1 aliphatic carbocycles. The van der Waals surface area contributed by atoms with Crippen LogP contribution >= 0.6 is 0 Å². The van der Waals surface area contributed by atoms with Crippen LogP contribution in [0, 0.1) is 11.8 Å². The highest BCUT2D eigenvalue weighted by molar-refractivity contribution is 6.01. The maximum atomic E-state index is 12.0. The van der Waals surface area contributed by atoms with Crippen molar-refractivity contribution in [2.45, 2.75) is 20.3 Å². The van der Waals surface area contributed by atoms with Crippen molar-refractivity contribution in [1.82, 2.24) is 0 Å². The Morgan fingerprint density at radius 1 is 1.47 bits per heavy atom. The van der Waals surface area contributed by atoms with E-state index in [-0.39, 0.29) is 11.7 Å². The van der Waals surface area contributed by atoms with Crippen LogP contribution in [0.2, 0.25) is 0 Å². The third-order valence-electron chi connectivity index (χ3n) is 2.90. The van der Waals surface area contributed by atoms with Gasteiger partial charge in [0.2, 0.25) is 0 Å². The van der Waals surface area contributed by atoms with Crippen molar-refractivity contribution in [3.05, 3.63) is 29.8 Å². The van der Waals surface area contributed by atoms with Gasteiger partial charge in [-0.25, -0.2) is 0 Å². The topological polar surface area (TPSA) is 26.3 Å². The molecule has 0 spiro atoms. The van der Waals surface area contributed by atoms with Crippen molar-refractivity contribution < 1.29 is 9.53 Å². The van der Waals surface area contributed by atoms with Gasteiger partial charge in [-0.2, -0.15) is 0 Å². The summed E-state index contributed by atoms with van der Waals surface area (Å²) in [5, 5.41) is 0. The summed E-state index contributed by atoms with van der Waals surface area (Å²) >= 11 is 0. The standard InChI is InChI=1S/C13H16O2/c1-3-15-12-7-5-4-6-10(12)13(14)11-8-9(11)2/h4-7,9,11H,3,8H2,1-2H3. The highest BCUT2D eigenvalue weighted by Crippen LogP contribution is 2.41. The van der Waals surface area contributed by atoms with Crippen LogP contribution < -0.4 is 4.74 Å². The van der Waals surface area contributed by atoms with Crippen molar-refractivity contribution in [3.63, 3.8) is 0 Å². The molecule has 0 bridgehead atoms. The molecule has 0 radical (unpaired) electrons. The van der Waals surface area contributed by atoms with E-state index in [1.54, 1.807) is 0 Å². The maximum absolute atomic E-state index is 12.0. The molecule has 1 saturated carbocycles. The average Bonchev–Trinajstić information content (AvgIpc) is 2.96. The number of carbonyl (C=O) groups excluding carboxylic acids is 1. The van der Waals surface area contributed by atoms with E-state index in [4.69, 9.17) is 4.74 Å². The normalized spacial score (nSPS) is 23.6. The molecule has 2 nitrogen and oxygen atoms in total. The quantitative estimate of drug-likeness (QED) is 0.705. The Hall–Kier alpha value is -1.31. The average molecular weight is 204 g/mol. The van der Waals surface area contributed by atoms with Crippen LogP contribution in [0.1, 0.15) is 30.6 Å². The second kappa shape index (κ2) is 4.05. The molecule has 2 heteroatoms. The first-order chi connectivity index (χ1) is 7.24. The van der Waals surface area contributed by atoms with Gasteiger partial charge in [-0.15, -0.1) is 0 Å². The molecule has 0 saturated heterocycles. The Labute approximate surface area is 90.3 Å². The summed E-state index contributed by atoms with van der Waals surface area (Å²) in [6.45, 7) is 4.65. The Kier molecular flexibility index (Phi) is 2.76. The van der Waals surface area contributed by atoms with E-state index in [1.807, 2.05) is 31.2 Å². The number of ether oxygens (including phenoxy) is 1. The lowest BCUT2D eigenvalue weighted by atomic mass is 10.1. The number of hydrogen-bond acceptors (Lipinski definition) is 2. The minimum atomic E-state index is 0.228. The van der Waals surface area contributed by atoms with Crippen LogP contribution in [0.15, 0.2) is 24.3 Å². The van der Waals surface area contributed by atoms with Crippen molar-refractivity contribution in [1.29, 1.82) is 0 Å². The largest absolute Gasteiger partial charge is 0.493 e. The first-order valence-electron chi connectivity index (χ1n) is 5.50. The second-order valence-electron chi connectivity index (χ2n) is 4.11. The van der Waals surface area contributed by atoms with E-state index >= 15 is 0 Å². The maximum Gasteiger partial charge on any atom is 0.169 e. The van der Waals surface area contributed by atoms with Crippen LogP contribution in [0.4, 0.5) is 0 Å². The number of hydrogen-bond donors (Lipinski definition) is 0. The van der Waals surface area contributed by atoms with E-state index in [9.17, 15) is 4.79 Å². The molecule has 15 heavy (non-hydrogen) atoms. The number of carbonyl (C=O) groups is 1. The third kappa shape index (κ3) is 2.04. The summed E-state index contributed by atoms with van der Waals surface area (Å²) in [7, 11) is 0. The zero-order valence-electron chi connectivity index (χ0n) is 9.19. The Bertz CT molecular complexity index is 371. The fourth-order valence-corrected chi connectivity index (χ4v) is 1.84. The minimum Gasteiger partial charge on any atom is -0.493 e. The van der Waals surface area contributed by atoms with Gasteiger partial charge in [-0.05, 0) is 31.4 Å². The predicted molar refractivity (Wildman–Crippen MR) is 59.2 cm³/mol. The molecule has 0 N–H and O–H groups in total. The summed E-state index contributed by atoms with van der Waals surface area (Å²) in [6.07, 6.45) is 1.03. The van der Waals surface area contributed by atoms with Gasteiger partial charge >= 0.3 is 0 Å². The second-order valence-corrected chi connectivity index (χ2v) is 4.11. The summed E-state index contributed by atoms with van der Waals surface area (Å²) < 4.78 is 5.45. The molecule has 0 aromatic heterocycles. The van der Waals surface area contributed by atoms with Crippen LogP contribution in [-0.4, -0.2) is 12.4 Å². The lowest BCUT2D eigenvalue weighted by molar-refractivity contribution is 0.0958. The first-order valence-corrected chi connectivity index (χ1v) is 5.50. The lowest BCUT2D eigenvalue weighted by Gasteiger charge is -2.08. The molecule has 2 unspecified atom stereocenters. The Morgan fingerprint density at radius 3 is 2.73 bits per heavy atom. The van der Waals surface area contributed by atoms with Crippen LogP contribution in [0.25, 0.3) is 0 Å². The highest BCUT2D eigenvalue weighted by Gasteiger charge is 2.40. The molecule has 0 heterocycles. The van der Waals surface area contributed by atoms with Gasteiger partial charge < -0.3 is 4.74 Å². The van der Waals surface area contributed by atoms with Crippen molar-refractivity contribution >= 4 is 5.78 Å². The van der Waals surface area contributed by atoms with Crippen molar-refractivity contribution in [2.24, 2.45) is 11.8 Å². The predicted octanol–water partition coefficient (Wildman–Crippen LogP) is 2.92. The fourth-order valence-electron chi connectivity index (χ4n) is 1.84. The van der Waals surface area contributed by atoms with E-state index < -0.39 is 0 Å². The number of rotatable bonds is 4. The van der Waals surface area contributed by atoms with Gasteiger partial charge in [-0.3, -0.25) is 4.79 Å². The molecule has 80 valence electrons. The molecule has 1 fully saturated rings. The number of Topliss-reactive ketones (excluding diaryl/α,β-unsaturated/α-hetero) is 1. The van der Waals surface area contributed by atoms with E-state index in [0.29, 0.717) is 12.5 Å². The summed E-state index contributed by atoms with van der Waals surface area (Å²) in [5.41, 5.74) is 0.744. The highest BCUT2D eigenvalue weighted by atomic mass is 16.5. The molecule has 2 rings (SSSR count). The SMILES string of the molecule is CCOc1ccccc1C(=O)C1CC1C. The van der Waals surface area contributed by atoms with Gasteiger partial charge in [0, 0.05) is 5.92 Å². The van der Waals surface area contributed by atoms with E-state index in [0.717, 1.165) is 17.7 Å². The lowest BCUT2D eigenvalue weighted by Crippen LogP contribution is -2.06. The van der Waals surface area contributed by atoms with Gasteiger partial charge in [-0.1, -0.05) is 19.1 Å². The van der Waals surface area contributed by atoms with Gasteiger partial charge in [0.25, 0.3) is 0 Å². The molecule has 1 aromatic rings. The van der Waals surface area contributed by atoms with Gasteiger partial charge in [0.1, 0.15) is 5.75 Å². The number of para-hydroxylation sites is 1.